The van der Waals surface area contributed by atoms with E-state index in [4.69, 9.17) is 0 Å². The average Bonchev–Trinajstić information content (AvgIpc) is 3.28. The lowest BCUT2D eigenvalue weighted by atomic mass is 10.1. The normalized spacial score (nSPS) is 10.6. The van der Waals surface area contributed by atoms with Crippen molar-refractivity contribution in [2.45, 2.75) is 18.2 Å². The molecule has 0 bridgehead atoms. The van der Waals surface area contributed by atoms with Crippen molar-refractivity contribution in [3.05, 3.63) is 50.5 Å². The number of nitrogens with one attached hydrogen (secondary N) is 2. The molecule has 0 aliphatic heterocycles. The minimum atomic E-state index is -0.538. The van der Waals surface area contributed by atoms with Gasteiger partial charge in [-0.05, 0) is 19.9 Å². The number of thioether (sulfide) groups is 1. The number of anilines is 2. The largest absolute Gasteiger partial charge is 0.301 e. The van der Waals surface area contributed by atoms with Crippen LogP contribution in [-0.2, 0) is 4.79 Å². The van der Waals surface area contributed by atoms with Gasteiger partial charge in [0.1, 0.15) is 0 Å². The van der Waals surface area contributed by atoms with Crippen LogP contribution in [-0.4, -0.2) is 37.7 Å². The van der Waals surface area contributed by atoms with Crippen LogP contribution in [0.5, 0.6) is 0 Å². The number of nitro groups is 1. The van der Waals surface area contributed by atoms with E-state index in [2.05, 4.69) is 25.8 Å². The maximum absolute atomic E-state index is 12.4. The molecule has 0 saturated heterocycles. The lowest BCUT2D eigenvalue weighted by Crippen LogP contribution is -2.14. The van der Waals surface area contributed by atoms with E-state index in [0.29, 0.717) is 9.47 Å². The monoisotopic (exact) mass is 450 g/mol. The van der Waals surface area contributed by atoms with Crippen LogP contribution in [0.2, 0.25) is 0 Å². The van der Waals surface area contributed by atoms with Gasteiger partial charge in [0.2, 0.25) is 11.0 Å². The summed E-state index contributed by atoms with van der Waals surface area (Å²) in [5.41, 5.74) is 1.15. The van der Waals surface area contributed by atoms with Crippen LogP contribution in [0.15, 0.2) is 27.9 Å². The van der Waals surface area contributed by atoms with Crippen LogP contribution < -0.4 is 10.6 Å². The lowest BCUT2D eigenvalue weighted by Gasteiger charge is -2.05. The molecule has 0 fully saturated rings. The summed E-state index contributed by atoms with van der Waals surface area (Å²) in [6.45, 7) is 3.35. The first-order valence-corrected chi connectivity index (χ1v) is 10.8. The van der Waals surface area contributed by atoms with Gasteiger partial charge in [0.05, 0.1) is 16.4 Å². The number of nitrogens with zero attached hydrogens (tertiary/aromatic N) is 4. The summed E-state index contributed by atoms with van der Waals surface area (Å²) in [6.07, 6.45) is 0. The molecule has 0 atom stereocenters. The Balaban J connectivity index is 1.57. The second kappa shape index (κ2) is 9.07. The lowest BCUT2D eigenvalue weighted by molar-refractivity contribution is -0.385. The van der Waals surface area contributed by atoms with Gasteiger partial charge >= 0.3 is 0 Å². The molecule has 2 aromatic heterocycles. The smallest absolute Gasteiger partial charge is 0.273 e. The molecular weight excluding hydrogens is 436 g/mol. The fourth-order valence-corrected chi connectivity index (χ4v) is 4.50. The molecule has 2 N–H and O–H groups in total. The molecular formula is C16H14N6O4S3. The van der Waals surface area contributed by atoms with Crippen LogP contribution in [0.4, 0.5) is 16.0 Å². The Morgan fingerprint density at radius 3 is 2.69 bits per heavy atom. The highest BCUT2D eigenvalue weighted by atomic mass is 32.2. The fourth-order valence-electron chi connectivity index (χ4n) is 2.24. The standard InChI is InChI=1S/C16H14N6O4S3/c1-8-6-27-14(17-8)18-12(23)7-28-16-21-20-15(29-16)19-13(24)10-4-3-5-11(9(10)2)22(25)26/h3-6H,7H2,1-2H3,(H,17,18,23)(H,19,20,24). The van der Waals surface area contributed by atoms with Gasteiger partial charge in [0.15, 0.2) is 9.47 Å². The summed E-state index contributed by atoms with van der Waals surface area (Å²) in [7, 11) is 0. The molecule has 3 aromatic rings. The predicted molar refractivity (Wildman–Crippen MR) is 112 cm³/mol. The highest BCUT2D eigenvalue weighted by molar-refractivity contribution is 8.01. The molecule has 29 heavy (non-hydrogen) atoms. The number of nitro benzene ring substituents is 1. The van der Waals surface area contributed by atoms with Gasteiger partial charge in [-0.15, -0.1) is 21.5 Å². The number of hydrogen-bond donors (Lipinski definition) is 2. The third-order valence-electron chi connectivity index (χ3n) is 3.57. The molecule has 3 rings (SSSR count). The molecule has 0 radical (unpaired) electrons. The Labute approximate surface area is 176 Å². The van der Waals surface area contributed by atoms with Gasteiger partial charge in [-0.2, -0.15) is 0 Å². The highest BCUT2D eigenvalue weighted by Gasteiger charge is 2.19. The van der Waals surface area contributed by atoms with Gasteiger partial charge < -0.3 is 5.32 Å². The van der Waals surface area contributed by atoms with Crippen LogP contribution in [0.3, 0.4) is 0 Å². The molecule has 0 aliphatic rings. The van der Waals surface area contributed by atoms with Crippen molar-refractivity contribution in [3.8, 4) is 0 Å². The topological polar surface area (TPSA) is 140 Å². The van der Waals surface area contributed by atoms with Crippen molar-refractivity contribution in [1.82, 2.24) is 15.2 Å². The minimum Gasteiger partial charge on any atom is -0.301 e. The summed E-state index contributed by atoms with van der Waals surface area (Å²) in [6, 6.07) is 4.28. The van der Waals surface area contributed by atoms with Crippen molar-refractivity contribution >= 4 is 62.2 Å². The number of rotatable bonds is 7. The fraction of sp³-hybridized carbons (Fsp3) is 0.188. The zero-order valence-electron chi connectivity index (χ0n) is 15.2. The summed E-state index contributed by atoms with van der Waals surface area (Å²) >= 11 is 3.63. The van der Waals surface area contributed by atoms with Gasteiger partial charge in [0, 0.05) is 22.6 Å². The number of aromatic nitrogens is 3. The molecule has 2 heterocycles. The number of thiazole rings is 1. The van der Waals surface area contributed by atoms with Crippen LogP contribution >= 0.6 is 34.4 Å². The first kappa shape index (κ1) is 20.8. The highest BCUT2D eigenvalue weighted by Crippen LogP contribution is 2.27. The molecule has 150 valence electrons. The van der Waals surface area contributed by atoms with Crippen molar-refractivity contribution in [3.63, 3.8) is 0 Å². The molecule has 1 aromatic carbocycles. The zero-order chi connectivity index (χ0) is 21.0. The van der Waals surface area contributed by atoms with Gasteiger partial charge in [-0.1, -0.05) is 29.2 Å². The van der Waals surface area contributed by atoms with Gasteiger partial charge in [0.25, 0.3) is 11.6 Å². The first-order valence-electron chi connectivity index (χ1n) is 8.07. The van der Waals surface area contributed by atoms with E-state index in [1.165, 1.54) is 48.2 Å². The molecule has 0 spiro atoms. The number of hydrogen-bond acceptors (Lipinski definition) is 10. The maximum atomic E-state index is 12.4. The van der Waals surface area contributed by atoms with Crippen molar-refractivity contribution in [2.24, 2.45) is 0 Å². The zero-order valence-corrected chi connectivity index (χ0v) is 17.6. The first-order chi connectivity index (χ1) is 13.8. The summed E-state index contributed by atoms with van der Waals surface area (Å²) < 4.78 is 0.501. The van der Waals surface area contributed by atoms with Crippen molar-refractivity contribution < 1.29 is 14.5 Å². The quantitative estimate of drug-likeness (QED) is 0.241. The number of carbonyl (C=O) groups is 2. The van der Waals surface area contributed by atoms with Crippen LogP contribution in [0, 0.1) is 24.0 Å². The van der Waals surface area contributed by atoms with E-state index in [-0.39, 0.29) is 33.6 Å². The Kier molecular flexibility index (Phi) is 6.51. The molecule has 0 unspecified atom stereocenters. The Bertz CT molecular complexity index is 1080. The summed E-state index contributed by atoms with van der Waals surface area (Å²) in [5.74, 6) is -0.626. The van der Waals surface area contributed by atoms with Crippen LogP contribution in [0.1, 0.15) is 21.6 Å². The van der Waals surface area contributed by atoms with E-state index in [9.17, 15) is 19.7 Å². The minimum absolute atomic E-state index is 0.116. The average molecular weight is 451 g/mol. The predicted octanol–water partition coefficient (Wildman–Crippen LogP) is 3.50. The Hall–Kier alpha value is -2.90. The Morgan fingerprint density at radius 2 is 2.00 bits per heavy atom. The van der Waals surface area contributed by atoms with Gasteiger partial charge in [-0.3, -0.25) is 25.0 Å². The second-order valence-electron chi connectivity index (χ2n) is 5.66. The SMILES string of the molecule is Cc1csc(NC(=O)CSc2nnc(NC(=O)c3cccc([N+](=O)[O-])c3C)s2)n1. The number of amides is 2. The van der Waals surface area contributed by atoms with E-state index >= 15 is 0 Å². The van der Waals surface area contributed by atoms with E-state index < -0.39 is 10.8 Å². The number of carbonyl (C=O) groups excluding carboxylic acids is 2. The van der Waals surface area contributed by atoms with Crippen molar-refractivity contribution in [2.75, 3.05) is 16.4 Å². The molecule has 0 saturated carbocycles. The molecule has 0 aliphatic carbocycles. The van der Waals surface area contributed by atoms with E-state index in [1.807, 2.05) is 12.3 Å². The second-order valence-corrected chi connectivity index (χ2v) is 8.72. The maximum Gasteiger partial charge on any atom is 0.273 e. The molecule has 13 heteroatoms. The van der Waals surface area contributed by atoms with Crippen molar-refractivity contribution in [1.29, 1.82) is 0 Å². The molecule has 10 nitrogen and oxygen atoms in total. The van der Waals surface area contributed by atoms with E-state index in [1.54, 1.807) is 0 Å². The van der Waals surface area contributed by atoms with Crippen LogP contribution in [0.25, 0.3) is 0 Å². The van der Waals surface area contributed by atoms with Gasteiger partial charge in [-0.25, -0.2) is 4.98 Å². The van der Waals surface area contributed by atoms with E-state index in [0.717, 1.165) is 17.0 Å². The third kappa shape index (κ3) is 5.34. The number of benzene rings is 1. The third-order valence-corrected chi connectivity index (χ3v) is 6.41. The summed E-state index contributed by atoms with van der Waals surface area (Å²) in [5, 5.41) is 26.7. The molecule has 2 amide bonds. The summed E-state index contributed by atoms with van der Waals surface area (Å²) in [4.78, 5) is 39.0. The Morgan fingerprint density at radius 1 is 1.21 bits per heavy atom. The number of aryl methyl sites for hydroxylation is 1.